The summed E-state index contributed by atoms with van der Waals surface area (Å²) in [5.74, 6) is 0.333. The highest BCUT2D eigenvalue weighted by molar-refractivity contribution is 5.90. The Balaban J connectivity index is 1.83. The molecule has 4 N–H and O–H groups in total. The average Bonchev–Trinajstić information content (AvgIpc) is 2.96. The minimum absolute atomic E-state index is 0.194. The lowest BCUT2D eigenvalue weighted by molar-refractivity contribution is -0.123. The zero-order chi connectivity index (χ0) is 16.9. The highest BCUT2D eigenvalue weighted by atomic mass is 16.5. The summed E-state index contributed by atoms with van der Waals surface area (Å²) < 4.78 is 5.71. The van der Waals surface area contributed by atoms with Crippen LogP contribution in [0.15, 0.2) is 24.3 Å². The van der Waals surface area contributed by atoms with E-state index in [2.05, 4.69) is 10.6 Å². The number of carbonyl (C=O) groups excluding carboxylic acids is 2. The van der Waals surface area contributed by atoms with E-state index in [0.717, 1.165) is 24.2 Å². The third-order valence-corrected chi connectivity index (χ3v) is 4.24. The van der Waals surface area contributed by atoms with Crippen LogP contribution >= 0.6 is 0 Å². The van der Waals surface area contributed by atoms with E-state index >= 15 is 0 Å². The molecule has 1 aromatic carbocycles. The van der Waals surface area contributed by atoms with Crippen molar-refractivity contribution in [3.8, 4) is 5.75 Å². The molecule has 1 saturated carbocycles. The van der Waals surface area contributed by atoms with Gasteiger partial charge >= 0.3 is 6.03 Å². The lowest BCUT2D eigenvalue weighted by atomic mass is 9.97. The molecule has 23 heavy (non-hydrogen) atoms. The Morgan fingerprint density at radius 2 is 1.96 bits per heavy atom. The Morgan fingerprint density at radius 3 is 2.57 bits per heavy atom. The summed E-state index contributed by atoms with van der Waals surface area (Å²) in [5, 5.41) is 5.55. The van der Waals surface area contributed by atoms with Crippen molar-refractivity contribution in [3.63, 3.8) is 0 Å². The summed E-state index contributed by atoms with van der Waals surface area (Å²) in [6, 6.07) is 7.14. The normalized spacial score (nSPS) is 17.3. The molecule has 126 valence electrons. The minimum Gasteiger partial charge on any atom is -0.491 e. The van der Waals surface area contributed by atoms with E-state index in [-0.39, 0.29) is 12.1 Å². The maximum atomic E-state index is 12.1. The summed E-state index contributed by atoms with van der Waals surface area (Å²) in [6.45, 7) is 4.17. The Bertz CT molecular complexity index is 568. The summed E-state index contributed by atoms with van der Waals surface area (Å²) in [7, 11) is 0. The van der Waals surface area contributed by atoms with Crippen molar-refractivity contribution in [2.75, 3.05) is 6.61 Å². The van der Waals surface area contributed by atoms with Crippen LogP contribution < -0.4 is 21.1 Å². The second kappa shape index (κ2) is 7.35. The predicted octanol–water partition coefficient (Wildman–Crippen LogP) is 1.86. The van der Waals surface area contributed by atoms with Crippen LogP contribution in [-0.4, -0.2) is 30.1 Å². The molecule has 0 aliphatic heterocycles. The van der Waals surface area contributed by atoms with Gasteiger partial charge in [-0.25, -0.2) is 4.79 Å². The van der Waals surface area contributed by atoms with E-state index < -0.39 is 11.4 Å². The number of aryl methyl sites for hydroxylation is 1. The molecule has 1 aliphatic carbocycles. The first-order valence-electron chi connectivity index (χ1n) is 8.00. The van der Waals surface area contributed by atoms with Crippen molar-refractivity contribution in [3.05, 3.63) is 29.8 Å². The van der Waals surface area contributed by atoms with Crippen LogP contribution in [0.25, 0.3) is 0 Å². The van der Waals surface area contributed by atoms with Gasteiger partial charge in [-0.05, 0) is 38.3 Å². The number of primary amides is 1. The number of para-hydroxylation sites is 1. The van der Waals surface area contributed by atoms with Crippen molar-refractivity contribution in [1.82, 2.24) is 10.6 Å². The fourth-order valence-corrected chi connectivity index (χ4v) is 2.86. The topological polar surface area (TPSA) is 93.4 Å². The van der Waals surface area contributed by atoms with Gasteiger partial charge in [0.15, 0.2) is 0 Å². The Morgan fingerprint density at radius 1 is 1.30 bits per heavy atom. The summed E-state index contributed by atoms with van der Waals surface area (Å²) in [4.78, 5) is 23.8. The van der Waals surface area contributed by atoms with E-state index in [1.54, 1.807) is 0 Å². The molecule has 0 aromatic heterocycles. The molecule has 1 aliphatic rings. The predicted molar refractivity (Wildman–Crippen MR) is 88.2 cm³/mol. The number of nitrogens with one attached hydrogen (secondary N) is 2. The summed E-state index contributed by atoms with van der Waals surface area (Å²) in [5.41, 5.74) is 5.60. The van der Waals surface area contributed by atoms with E-state index in [0.29, 0.717) is 19.4 Å². The summed E-state index contributed by atoms with van der Waals surface area (Å²) in [6.07, 6.45) is 3.00. The van der Waals surface area contributed by atoms with Gasteiger partial charge in [0, 0.05) is 0 Å². The number of nitrogens with two attached hydrogens (primary N) is 1. The molecule has 0 heterocycles. The lowest BCUT2D eigenvalue weighted by Crippen LogP contribution is -2.59. The second-order valence-corrected chi connectivity index (χ2v) is 6.23. The fourth-order valence-electron chi connectivity index (χ4n) is 2.86. The molecular formula is C17H25N3O3. The maximum Gasteiger partial charge on any atom is 0.315 e. The molecule has 1 atom stereocenters. The van der Waals surface area contributed by atoms with Crippen LogP contribution in [0, 0.1) is 6.92 Å². The first-order valence-corrected chi connectivity index (χ1v) is 8.00. The van der Waals surface area contributed by atoms with E-state index in [1.807, 2.05) is 38.1 Å². The number of hydrogen-bond donors (Lipinski definition) is 3. The van der Waals surface area contributed by atoms with E-state index in [4.69, 9.17) is 10.5 Å². The molecule has 0 spiro atoms. The molecule has 1 unspecified atom stereocenters. The molecule has 0 saturated heterocycles. The van der Waals surface area contributed by atoms with Crippen LogP contribution in [-0.2, 0) is 4.79 Å². The van der Waals surface area contributed by atoms with Crippen LogP contribution in [0.3, 0.4) is 0 Å². The number of carbonyl (C=O) groups is 2. The fraction of sp³-hybridized carbons (Fsp3) is 0.529. The van der Waals surface area contributed by atoms with Gasteiger partial charge in [0.05, 0.1) is 6.04 Å². The third kappa shape index (κ3) is 4.37. The van der Waals surface area contributed by atoms with E-state index in [9.17, 15) is 9.59 Å². The van der Waals surface area contributed by atoms with Crippen molar-refractivity contribution in [2.24, 2.45) is 5.73 Å². The standard InChI is InChI=1S/C17H25N3O3/c1-12-7-3-4-8-14(12)23-11-13(2)19-16(22)20-17(15(18)21)9-5-6-10-17/h3-4,7-8,13H,5-6,9-11H2,1-2H3,(H2,18,21)(H2,19,20,22). The Kier molecular flexibility index (Phi) is 5.47. The number of amides is 3. The van der Waals surface area contributed by atoms with Crippen LogP contribution in [0.1, 0.15) is 38.2 Å². The van der Waals surface area contributed by atoms with Gasteiger partial charge in [-0.15, -0.1) is 0 Å². The van der Waals surface area contributed by atoms with Crippen LogP contribution in [0.2, 0.25) is 0 Å². The molecule has 3 amide bonds. The van der Waals surface area contributed by atoms with Gasteiger partial charge in [0.25, 0.3) is 0 Å². The van der Waals surface area contributed by atoms with E-state index in [1.165, 1.54) is 0 Å². The number of urea groups is 1. The van der Waals surface area contributed by atoms with Gasteiger partial charge in [0.2, 0.25) is 5.91 Å². The average molecular weight is 319 g/mol. The zero-order valence-corrected chi connectivity index (χ0v) is 13.7. The highest BCUT2D eigenvalue weighted by Crippen LogP contribution is 2.29. The van der Waals surface area contributed by atoms with Gasteiger partial charge in [-0.3, -0.25) is 4.79 Å². The van der Waals surface area contributed by atoms with Crippen LogP contribution in [0.4, 0.5) is 4.79 Å². The molecule has 0 radical (unpaired) electrons. The SMILES string of the molecule is Cc1ccccc1OCC(C)NC(=O)NC1(C(N)=O)CCCC1. The van der Waals surface area contributed by atoms with Crippen molar-refractivity contribution < 1.29 is 14.3 Å². The molecule has 6 heteroatoms. The molecule has 1 fully saturated rings. The number of benzene rings is 1. The monoisotopic (exact) mass is 319 g/mol. The number of hydrogen-bond acceptors (Lipinski definition) is 3. The quantitative estimate of drug-likeness (QED) is 0.747. The second-order valence-electron chi connectivity index (χ2n) is 6.23. The minimum atomic E-state index is -0.902. The molecule has 6 nitrogen and oxygen atoms in total. The zero-order valence-electron chi connectivity index (χ0n) is 13.7. The first kappa shape index (κ1) is 17.1. The number of rotatable bonds is 6. The summed E-state index contributed by atoms with van der Waals surface area (Å²) >= 11 is 0. The smallest absolute Gasteiger partial charge is 0.315 e. The number of ether oxygens (including phenoxy) is 1. The lowest BCUT2D eigenvalue weighted by Gasteiger charge is -2.27. The van der Waals surface area contributed by atoms with Gasteiger partial charge in [-0.1, -0.05) is 31.0 Å². The van der Waals surface area contributed by atoms with Crippen molar-refractivity contribution >= 4 is 11.9 Å². The molecular weight excluding hydrogens is 294 g/mol. The van der Waals surface area contributed by atoms with Crippen molar-refractivity contribution in [2.45, 2.75) is 51.1 Å². The van der Waals surface area contributed by atoms with Gasteiger partial charge in [0.1, 0.15) is 17.9 Å². The first-order chi connectivity index (χ1) is 10.9. The Labute approximate surface area is 136 Å². The Hall–Kier alpha value is -2.24. The van der Waals surface area contributed by atoms with Crippen LogP contribution in [0.5, 0.6) is 5.75 Å². The molecule has 1 aromatic rings. The largest absolute Gasteiger partial charge is 0.491 e. The third-order valence-electron chi connectivity index (χ3n) is 4.24. The van der Waals surface area contributed by atoms with Crippen molar-refractivity contribution in [1.29, 1.82) is 0 Å². The highest BCUT2D eigenvalue weighted by Gasteiger charge is 2.41. The van der Waals surface area contributed by atoms with Gasteiger partial charge in [-0.2, -0.15) is 0 Å². The molecule has 0 bridgehead atoms. The maximum absolute atomic E-state index is 12.1. The van der Waals surface area contributed by atoms with Gasteiger partial charge < -0.3 is 21.1 Å². The molecule has 2 rings (SSSR count).